The zero-order valence-electron chi connectivity index (χ0n) is 11.5. The normalized spacial score (nSPS) is 19.8. The van der Waals surface area contributed by atoms with Crippen LogP contribution in [0.1, 0.15) is 18.4 Å². The fourth-order valence-electron chi connectivity index (χ4n) is 2.72. The molecule has 1 aliphatic rings. The van der Waals surface area contributed by atoms with Crippen LogP contribution in [0.25, 0.3) is 0 Å². The van der Waals surface area contributed by atoms with Crippen molar-refractivity contribution in [2.24, 2.45) is 5.84 Å². The van der Waals surface area contributed by atoms with Gasteiger partial charge in [-0.15, -0.1) is 0 Å². The van der Waals surface area contributed by atoms with Crippen LogP contribution in [0.5, 0.6) is 0 Å². The van der Waals surface area contributed by atoms with Crippen molar-refractivity contribution in [3.63, 3.8) is 0 Å². The molecule has 0 aliphatic carbocycles. The van der Waals surface area contributed by atoms with Gasteiger partial charge in [-0.05, 0) is 24.1 Å². The molecular formula is C14H20ClFN2O2. The molecule has 1 aliphatic heterocycles. The Kier molecular flexibility index (Phi) is 5.35. The van der Waals surface area contributed by atoms with Crippen LogP contribution >= 0.6 is 11.6 Å². The minimum absolute atomic E-state index is 0.112. The number of hydrogen-bond acceptors (Lipinski definition) is 4. The van der Waals surface area contributed by atoms with E-state index in [4.69, 9.17) is 26.9 Å². The second kappa shape index (κ2) is 6.83. The van der Waals surface area contributed by atoms with Gasteiger partial charge in [0.2, 0.25) is 0 Å². The minimum Gasteiger partial charge on any atom is -0.381 e. The number of methoxy groups -OCH3 is 1. The van der Waals surface area contributed by atoms with Crippen LogP contribution in [0.2, 0.25) is 5.02 Å². The lowest BCUT2D eigenvalue weighted by atomic mass is 9.83. The molecule has 0 aromatic heterocycles. The van der Waals surface area contributed by atoms with Gasteiger partial charge in [0.25, 0.3) is 0 Å². The molecule has 20 heavy (non-hydrogen) atoms. The molecule has 0 saturated carbocycles. The van der Waals surface area contributed by atoms with E-state index in [1.807, 2.05) is 0 Å². The number of halogens is 2. The number of nitrogens with one attached hydrogen (secondary N) is 1. The Balaban J connectivity index is 2.18. The van der Waals surface area contributed by atoms with Gasteiger partial charge in [-0.1, -0.05) is 17.7 Å². The van der Waals surface area contributed by atoms with E-state index in [2.05, 4.69) is 5.43 Å². The maximum absolute atomic E-state index is 13.1. The molecule has 6 heteroatoms. The second-order valence-corrected chi connectivity index (χ2v) is 5.45. The number of rotatable bonds is 5. The summed E-state index contributed by atoms with van der Waals surface area (Å²) in [7, 11) is 1.68. The van der Waals surface area contributed by atoms with E-state index in [0.717, 1.165) is 18.4 Å². The Hall–Kier alpha value is -0.720. The van der Waals surface area contributed by atoms with Crippen LogP contribution in [0.4, 0.5) is 4.39 Å². The average Bonchev–Trinajstić information content (AvgIpc) is 2.47. The molecule has 112 valence electrons. The Morgan fingerprint density at radius 1 is 1.50 bits per heavy atom. The number of nitrogens with two attached hydrogens (primary N) is 1. The van der Waals surface area contributed by atoms with E-state index in [1.54, 1.807) is 13.2 Å². The first-order valence-electron chi connectivity index (χ1n) is 6.64. The topological polar surface area (TPSA) is 56.5 Å². The number of ether oxygens (including phenoxy) is 2. The van der Waals surface area contributed by atoms with Gasteiger partial charge in [0.15, 0.2) is 0 Å². The highest BCUT2D eigenvalue weighted by Crippen LogP contribution is 2.31. The molecule has 4 nitrogen and oxygen atoms in total. The standard InChI is InChI=1S/C14H20ClFN2O2/c1-19-14(4-6-20-7-5-14)13(18-17)8-10-2-3-11(16)9-12(10)15/h2-3,9,13,18H,4-8,17H2,1H3. The van der Waals surface area contributed by atoms with E-state index in [-0.39, 0.29) is 17.5 Å². The lowest BCUT2D eigenvalue weighted by Gasteiger charge is -2.42. The molecule has 1 unspecified atom stereocenters. The quantitative estimate of drug-likeness (QED) is 0.646. The average molecular weight is 303 g/mol. The van der Waals surface area contributed by atoms with Crippen molar-refractivity contribution >= 4 is 11.6 Å². The van der Waals surface area contributed by atoms with Crippen molar-refractivity contribution in [3.8, 4) is 0 Å². The maximum atomic E-state index is 13.1. The lowest BCUT2D eigenvalue weighted by molar-refractivity contribution is -0.110. The van der Waals surface area contributed by atoms with E-state index in [9.17, 15) is 4.39 Å². The van der Waals surface area contributed by atoms with Crippen molar-refractivity contribution in [3.05, 3.63) is 34.6 Å². The molecule has 0 radical (unpaired) electrons. The van der Waals surface area contributed by atoms with Crippen molar-refractivity contribution in [2.45, 2.75) is 30.9 Å². The summed E-state index contributed by atoms with van der Waals surface area (Å²) >= 11 is 6.08. The number of hydrazine groups is 1. The summed E-state index contributed by atoms with van der Waals surface area (Å²) in [6.45, 7) is 1.28. The van der Waals surface area contributed by atoms with Gasteiger partial charge >= 0.3 is 0 Å². The van der Waals surface area contributed by atoms with E-state index < -0.39 is 0 Å². The molecular weight excluding hydrogens is 283 g/mol. The van der Waals surface area contributed by atoms with Crippen LogP contribution in [-0.4, -0.2) is 32.0 Å². The molecule has 1 atom stereocenters. The fourth-order valence-corrected chi connectivity index (χ4v) is 2.96. The Labute approximate surface area is 123 Å². The summed E-state index contributed by atoms with van der Waals surface area (Å²) in [5.74, 6) is 5.36. The van der Waals surface area contributed by atoms with E-state index >= 15 is 0 Å². The third kappa shape index (κ3) is 3.30. The first kappa shape index (κ1) is 15.7. The molecule has 0 amide bonds. The highest BCUT2D eigenvalue weighted by atomic mass is 35.5. The zero-order valence-corrected chi connectivity index (χ0v) is 12.3. The monoisotopic (exact) mass is 302 g/mol. The number of hydrogen-bond donors (Lipinski definition) is 2. The fraction of sp³-hybridized carbons (Fsp3) is 0.571. The van der Waals surface area contributed by atoms with E-state index in [0.29, 0.717) is 24.7 Å². The van der Waals surface area contributed by atoms with Gasteiger partial charge in [0.1, 0.15) is 5.82 Å². The maximum Gasteiger partial charge on any atom is 0.124 e. The first-order chi connectivity index (χ1) is 9.61. The SMILES string of the molecule is COC1(C(Cc2ccc(F)cc2Cl)NN)CCOCC1. The second-order valence-electron chi connectivity index (χ2n) is 5.04. The van der Waals surface area contributed by atoms with Crippen LogP contribution in [-0.2, 0) is 15.9 Å². The first-order valence-corrected chi connectivity index (χ1v) is 7.02. The summed E-state index contributed by atoms with van der Waals surface area (Å²) < 4.78 is 24.2. The Morgan fingerprint density at radius 2 is 2.20 bits per heavy atom. The third-order valence-electron chi connectivity index (χ3n) is 4.02. The highest BCUT2D eigenvalue weighted by Gasteiger charge is 2.40. The molecule has 1 aromatic rings. The van der Waals surface area contributed by atoms with Gasteiger partial charge in [0, 0.05) is 38.2 Å². The Morgan fingerprint density at radius 3 is 2.75 bits per heavy atom. The summed E-state index contributed by atoms with van der Waals surface area (Å²) in [6, 6.07) is 4.29. The van der Waals surface area contributed by atoms with E-state index in [1.165, 1.54) is 12.1 Å². The van der Waals surface area contributed by atoms with Crippen molar-refractivity contribution in [1.82, 2.24) is 5.43 Å². The molecule has 1 saturated heterocycles. The summed E-state index contributed by atoms with van der Waals surface area (Å²) in [4.78, 5) is 0. The van der Waals surface area contributed by atoms with Crippen LogP contribution in [0.3, 0.4) is 0 Å². The minimum atomic E-state index is -0.384. The van der Waals surface area contributed by atoms with Gasteiger partial charge in [-0.3, -0.25) is 11.3 Å². The largest absolute Gasteiger partial charge is 0.381 e. The molecule has 1 fully saturated rings. The molecule has 1 aromatic carbocycles. The van der Waals surface area contributed by atoms with Gasteiger partial charge in [-0.2, -0.15) is 0 Å². The van der Waals surface area contributed by atoms with Gasteiger partial charge in [-0.25, -0.2) is 4.39 Å². The van der Waals surface area contributed by atoms with Crippen molar-refractivity contribution < 1.29 is 13.9 Å². The van der Waals surface area contributed by atoms with Crippen molar-refractivity contribution in [2.75, 3.05) is 20.3 Å². The van der Waals surface area contributed by atoms with Crippen LogP contribution in [0.15, 0.2) is 18.2 Å². The highest BCUT2D eigenvalue weighted by molar-refractivity contribution is 6.31. The van der Waals surface area contributed by atoms with Gasteiger partial charge < -0.3 is 9.47 Å². The van der Waals surface area contributed by atoms with Crippen LogP contribution < -0.4 is 11.3 Å². The molecule has 2 rings (SSSR count). The van der Waals surface area contributed by atoms with Crippen molar-refractivity contribution in [1.29, 1.82) is 0 Å². The predicted octanol–water partition coefficient (Wildman–Crippen LogP) is 2.05. The Bertz CT molecular complexity index is 453. The lowest BCUT2D eigenvalue weighted by Crippen LogP contribution is -2.58. The summed E-state index contributed by atoms with van der Waals surface area (Å²) in [5, 5.41) is 0.406. The summed E-state index contributed by atoms with van der Waals surface area (Å²) in [5.41, 5.74) is 3.28. The number of benzene rings is 1. The molecule has 3 N–H and O–H groups in total. The zero-order chi connectivity index (χ0) is 14.6. The summed E-state index contributed by atoms with van der Waals surface area (Å²) in [6.07, 6.45) is 2.10. The van der Waals surface area contributed by atoms with Gasteiger partial charge in [0.05, 0.1) is 11.6 Å². The third-order valence-corrected chi connectivity index (χ3v) is 4.37. The van der Waals surface area contributed by atoms with Crippen LogP contribution in [0, 0.1) is 5.82 Å². The smallest absolute Gasteiger partial charge is 0.124 e. The predicted molar refractivity (Wildman–Crippen MR) is 76.0 cm³/mol. The molecule has 1 heterocycles. The molecule has 0 bridgehead atoms. The molecule has 0 spiro atoms.